The number of amides is 1. The molecule has 6 heteroatoms. The summed E-state index contributed by atoms with van der Waals surface area (Å²) < 4.78 is 5.64. The number of carbonyl (C=O) groups is 1. The monoisotopic (exact) mass is 464 g/mol. The Kier molecular flexibility index (Phi) is 6.91. The van der Waals surface area contributed by atoms with Crippen LogP contribution in [0.25, 0.3) is 22.5 Å². The van der Waals surface area contributed by atoms with E-state index < -0.39 is 6.10 Å². The van der Waals surface area contributed by atoms with Crippen molar-refractivity contribution in [2.75, 3.05) is 20.2 Å². The minimum absolute atomic E-state index is 0.00641. The van der Waals surface area contributed by atoms with Crippen LogP contribution in [0, 0.1) is 0 Å². The van der Waals surface area contributed by atoms with Gasteiger partial charge in [0.05, 0.1) is 5.69 Å². The molecule has 1 saturated heterocycles. The van der Waals surface area contributed by atoms with Gasteiger partial charge in [-0.3, -0.25) is 9.78 Å². The summed E-state index contributed by atoms with van der Waals surface area (Å²) in [7, 11) is 1.59. The zero-order chi connectivity index (χ0) is 24.0. The van der Waals surface area contributed by atoms with Gasteiger partial charge in [0, 0.05) is 55.8 Å². The molecule has 1 aliphatic heterocycles. The number of pyridine rings is 1. The van der Waals surface area contributed by atoms with Crippen molar-refractivity contribution < 1.29 is 9.53 Å². The van der Waals surface area contributed by atoms with Gasteiger partial charge >= 0.3 is 0 Å². The van der Waals surface area contributed by atoms with Crippen LogP contribution in [0.15, 0.2) is 91.4 Å². The first-order valence-corrected chi connectivity index (χ1v) is 11.9. The Morgan fingerprint density at radius 3 is 2.40 bits per heavy atom. The standard InChI is InChI=1S/C29H28N4O2/c1-35-27(22-11-6-3-7-12-22)29(34)33-18-8-13-24(20-33)26-25(21-9-4-2-5-10-21)19-31-28(32-26)23-14-16-30-17-15-23/h2-7,9-12,14-17,19,24,27H,8,13,18,20H2,1H3. The van der Waals surface area contributed by atoms with Gasteiger partial charge in [0.15, 0.2) is 11.9 Å². The van der Waals surface area contributed by atoms with Gasteiger partial charge in [-0.05, 0) is 36.1 Å². The minimum Gasteiger partial charge on any atom is -0.367 e. The van der Waals surface area contributed by atoms with Gasteiger partial charge in [0.1, 0.15) is 0 Å². The first-order chi connectivity index (χ1) is 17.2. The Balaban J connectivity index is 1.48. The number of nitrogens with zero attached hydrogens (tertiary/aromatic N) is 4. The number of hydrogen-bond acceptors (Lipinski definition) is 5. The molecule has 2 aromatic carbocycles. The van der Waals surface area contributed by atoms with E-state index >= 15 is 0 Å². The molecule has 1 amide bonds. The van der Waals surface area contributed by atoms with Crippen molar-refractivity contribution >= 4 is 5.91 Å². The van der Waals surface area contributed by atoms with E-state index in [-0.39, 0.29) is 11.8 Å². The van der Waals surface area contributed by atoms with Crippen LogP contribution in [-0.2, 0) is 9.53 Å². The van der Waals surface area contributed by atoms with E-state index in [4.69, 9.17) is 9.72 Å². The lowest BCUT2D eigenvalue weighted by Crippen LogP contribution is -2.42. The highest BCUT2D eigenvalue weighted by molar-refractivity contribution is 5.82. The topological polar surface area (TPSA) is 68.2 Å². The molecule has 0 radical (unpaired) electrons. The summed E-state index contributed by atoms with van der Waals surface area (Å²) in [6.45, 7) is 1.31. The summed E-state index contributed by atoms with van der Waals surface area (Å²) in [5, 5.41) is 0. The molecule has 2 unspecified atom stereocenters. The SMILES string of the molecule is COC(C(=O)N1CCCC(c2nc(-c3ccncc3)ncc2-c2ccccc2)C1)c1ccccc1. The van der Waals surface area contributed by atoms with Gasteiger partial charge < -0.3 is 9.64 Å². The fraction of sp³-hybridized carbons (Fsp3) is 0.241. The number of ether oxygens (including phenoxy) is 1. The normalized spacial score (nSPS) is 16.6. The summed E-state index contributed by atoms with van der Waals surface area (Å²) >= 11 is 0. The third-order valence-corrected chi connectivity index (χ3v) is 6.52. The predicted molar refractivity (Wildman–Crippen MR) is 135 cm³/mol. The molecule has 1 aliphatic rings. The summed E-state index contributed by atoms with van der Waals surface area (Å²) in [6, 6.07) is 23.7. The summed E-state index contributed by atoms with van der Waals surface area (Å²) in [5.41, 5.74) is 4.85. The minimum atomic E-state index is -0.610. The zero-order valence-corrected chi connectivity index (χ0v) is 19.7. The van der Waals surface area contributed by atoms with Crippen molar-refractivity contribution in [1.29, 1.82) is 0 Å². The molecule has 2 atom stereocenters. The second kappa shape index (κ2) is 10.6. The van der Waals surface area contributed by atoms with Crippen LogP contribution in [0.1, 0.15) is 36.1 Å². The summed E-state index contributed by atoms with van der Waals surface area (Å²) in [6.07, 6.45) is 6.67. The molecule has 2 aromatic heterocycles. The van der Waals surface area contributed by atoms with Gasteiger partial charge in [0.2, 0.25) is 0 Å². The number of aromatic nitrogens is 3. The van der Waals surface area contributed by atoms with E-state index in [1.165, 1.54) is 0 Å². The molecule has 0 bridgehead atoms. The maximum atomic E-state index is 13.5. The molecule has 0 aliphatic carbocycles. The van der Waals surface area contributed by atoms with E-state index in [1.807, 2.05) is 71.8 Å². The van der Waals surface area contributed by atoms with E-state index in [2.05, 4.69) is 22.1 Å². The molecule has 176 valence electrons. The maximum absolute atomic E-state index is 13.5. The molecule has 5 rings (SSSR count). The number of rotatable bonds is 6. The third-order valence-electron chi connectivity index (χ3n) is 6.52. The molecule has 0 spiro atoms. The average Bonchev–Trinajstić information content (AvgIpc) is 2.95. The van der Waals surface area contributed by atoms with E-state index in [9.17, 15) is 4.79 Å². The van der Waals surface area contributed by atoms with Crippen LogP contribution in [-0.4, -0.2) is 46.0 Å². The number of piperidine rings is 1. The van der Waals surface area contributed by atoms with Crippen LogP contribution in [0.4, 0.5) is 0 Å². The highest BCUT2D eigenvalue weighted by Gasteiger charge is 2.32. The maximum Gasteiger partial charge on any atom is 0.256 e. The molecular weight excluding hydrogens is 436 g/mol. The van der Waals surface area contributed by atoms with Crippen LogP contribution >= 0.6 is 0 Å². The highest BCUT2D eigenvalue weighted by atomic mass is 16.5. The van der Waals surface area contributed by atoms with Crippen molar-refractivity contribution in [3.63, 3.8) is 0 Å². The Labute approximate surface area is 205 Å². The van der Waals surface area contributed by atoms with Crippen LogP contribution in [0.2, 0.25) is 0 Å². The molecule has 0 N–H and O–H groups in total. The molecule has 6 nitrogen and oxygen atoms in total. The molecular formula is C29H28N4O2. The van der Waals surface area contributed by atoms with Crippen molar-refractivity contribution in [2.45, 2.75) is 24.9 Å². The smallest absolute Gasteiger partial charge is 0.256 e. The molecule has 35 heavy (non-hydrogen) atoms. The second-order valence-electron chi connectivity index (χ2n) is 8.74. The molecule has 0 saturated carbocycles. The lowest BCUT2D eigenvalue weighted by Gasteiger charge is -2.35. The number of likely N-dealkylation sites (tertiary alicyclic amines) is 1. The second-order valence-corrected chi connectivity index (χ2v) is 8.74. The number of carbonyl (C=O) groups excluding carboxylic acids is 1. The Morgan fingerprint density at radius 2 is 1.69 bits per heavy atom. The van der Waals surface area contributed by atoms with Gasteiger partial charge in [-0.1, -0.05) is 60.7 Å². The predicted octanol–water partition coefficient (Wildman–Crippen LogP) is 5.30. The van der Waals surface area contributed by atoms with Gasteiger partial charge in [-0.15, -0.1) is 0 Å². The third kappa shape index (κ3) is 4.98. The zero-order valence-electron chi connectivity index (χ0n) is 19.7. The molecule has 4 aromatic rings. The van der Waals surface area contributed by atoms with Crippen molar-refractivity contribution in [2.24, 2.45) is 0 Å². The molecule has 3 heterocycles. The Bertz CT molecular complexity index is 1270. The lowest BCUT2D eigenvalue weighted by atomic mass is 9.89. The Morgan fingerprint density at radius 1 is 0.971 bits per heavy atom. The largest absolute Gasteiger partial charge is 0.367 e. The van der Waals surface area contributed by atoms with Gasteiger partial charge in [0.25, 0.3) is 5.91 Å². The van der Waals surface area contributed by atoms with E-state index in [0.717, 1.165) is 40.8 Å². The average molecular weight is 465 g/mol. The van der Waals surface area contributed by atoms with E-state index in [1.54, 1.807) is 19.5 Å². The quantitative estimate of drug-likeness (QED) is 0.387. The van der Waals surface area contributed by atoms with Crippen molar-refractivity contribution in [3.05, 3.63) is 103 Å². The summed E-state index contributed by atoms with van der Waals surface area (Å²) in [4.78, 5) is 29.3. The van der Waals surface area contributed by atoms with Gasteiger partial charge in [-0.25, -0.2) is 9.97 Å². The fourth-order valence-corrected chi connectivity index (χ4v) is 4.76. The first-order valence-electron chi connectivity index (χ1n) is 11.9. The lowest BCUT2D eigenvalue weighted by molar-refractivity contribution is -0.143. The van der Waals surface area contributed by atoms with Crippen molar-refractivity contribution in [1.82, 2.24) is 19.9 Å². The van der Waals surface area contributed by atoms with Crippen molar-refractivity contribution in [3.8, 4) is 22.5 Å². The van der Waals surface area contributed by atoms with E-state index in [0.29, 0.717) is 18.9 Å². The Hall–Kier alpha value is -3.90. The number of benzene rings is 2. The number of methoxy groups -OCH3 is 1. The van der Waals surface area contributed by atoms with Gasteiger partial charge in [-0.2, -0.15) is 0 Å². The first kappa shape index (κ1) is 22.9. The van der Waals surface area contributed by atoms with Crippen LogP contribution in [0.3, 0.4) is 0 Å². The number of hydrogen-bond donors (Lipinski definition) is 0. The van der Waals surface area contributed by atoms with Crippen LogP contribution in [0.5, 0.6) is 0 Å². The fourth-order valence-electron chi connectivity index (χ4n) is 4.76. The molecule has 1 fully saturated rings. The highest BCUT2D eigenvalue weighted by Crippen LogP contribution is 2.35. The summed E-state index contributed by atoms with van der Waals surface area (Å²) in [5.74, 6) is 0.762. The van der Waals surface area contributed by atoms with Crippen LogP contribution < -0.4 is 0 Å².